The van der Waals surface area contributed by atoms with E-state index in [9.17, 15) is 9.50 Å². The molecule has 13 heavy (non-hydrogen) atoms. The smallest absolute Gasteiger partial charge is 0.165 e. The summed E-state index contributed by atoms with van der Waals surface area (Å²) in [6.45, 7) is -0.0759. The molecule has 0 aliphatic heterocycles. The lowest BCUT2D eigenvalue weighted by molar-refractivity contribution is 0.366. The number of methoxy groups -OCH3 is 1. The van der Waals surface area contributed by atoms with Gasteiger partial charge in [0.25, 0.3) is 0 Å². The molecule has 3 N–H and O–H groups in total. The number of phenolic OH excluding ortho intramolecular Hbond substituents is 1. The van der Waals surface area contributed by atoms with Crippen LogP contribution in [0.25, 0.3) is 0 Å². The predicted octanol–water partition coefficient (Wildman–Crippen LogP) is 1.76. The van der Waals surface area contributed by atoms with Crippen molar-refractivity contribution in [1.82, 2.24) is 0 Å². The molecule has 5 heteroatoms. The predicted molar refractivity (Wildman–Crippen MR) is 50.2 cm³/mol. The summed E-state index contributed by atoms with van der Waals surface area (Å²) in [4.78, 5) is 0. The third kappa shape index (κ3) is 1.76. The van der Waals surface area contributed by atoms with Crippen molar-refractivity contribution in [2.24, 2.45) is 5.73 Å². The second kappa shape index (κ2) is 3.93. The fourth-order valence-electron chi connectivity index (χ4n) is 0.986. The second-order valence-electron chi connectivity index (χ2n) is 2.41. The van der Waals surface area contributed by atoms with Crippen molar-refractivity contribution in [1.29, 1.82) is 0 Å². The average molecular weight is 250 g/mol. The third-order valence-corrected chi connectivity index (χ3v) is 2.25. The molecule has 0 aromatic heterocycles. The Labute approximate surface area is 83.4 Å². The van der Waals surface area contributed by atoms with Crippen LogP contribution in [0.15, 0.2) is 10.5 Å². The fourth-order valence-corrected chi connectivity index (χ4v) is 1.43. The number of phenols is 1. The zero-order chi connectivity index (χ0) is 10.0. The Bertz CT molecular complexity index is 330. The van der Waals surface area contributed by atoms with E-state index in [2.05, 4.69) is 15.9 Å². The summed E-state index contributed by atoms with van der Waals surface area (Å²) >= 11 is 2.99. The van der Waals surface area contributed by atoms with Gasteiger partial charge in [-0.2, -0.15) is 0 Å². The normalized spacial score (nSPS) is 10.2. The van der Waals surface area contributed by atoms with Crippen LogP contribution in [-0.4, -0.2) is 12.2 Å². The van der Waals surface area contributed by atoms with E-state index in [0.29, 0.717) is 0 Å². The van der Waals surface area contributed by atoms with Crippen LogP contribution in [-0.2, 0) is 6.54 Å². The van der Waals surface area contributed by atoms with Gasteiger partial charge in [0.15, 0.2) is 11.5 Å². The topological polar surface area (TPSA) is 55.5 Å². The quantitative estimate of drug-likeness (QED) is 0.840. The van der Waals surface area contributed by atoms with Crippen LogP contribution in [0.2, 0.25) is 0 Å². The summed E-state index contributed by atoms with van der Waals surface area (Å²) in [5.74, 6) is -0.597. The molecule has 1 aromatic carbocycles. The van der Waals surface area contributed by atoms with Gasteiger partial charge in [0.2, 0.25) is 0 Å². The van der Waals surface area contributed by atoms with E-state index in [1.807, 2.05) is 0 Å². The number of benzene rings is 1. The molecule has 0 saturated heterocycles. The maximum absolute atomic E-state index is 13.2. The summed E-state index contributed by atoms with van der Waals surface area (Å²) in [5, 5.41) is 9.43. The lowest BCUT2D eigenvalue weighted by Crippen LogP contribution is -2.02. The van der Waals surface area contributed by atoms with Crippen LogP contribution in [0.4, 0.5) is 4.39 Å². The standard InChI is InChI=1S/C8H9BrFNO2/c1-13-6-2-5(9)7(10)4(3-11)8(6)12/h2,12H,3,11H2,1H3. The van der Waals surface area contributed by atoms with Crippen molar-refractivity contribution >= 4 is 15.9 Å². The average Bonchev–Trinajstić information content (AvgIpc) is 2.12. The monoisotopic (exact) mass is 249 g/mol. The van der Waals surface area contributed by atoms with Crippen LogP contribution in [0, 0.1) is 5.82 Å². The molecule has 0 bridgehead atoms. The largest absolute Gasteiger partial charge is 0.504 e. The first-order chi connectivity index (χ1) is 6.11. The first kappa shape index (κ1) is 10.3. The van der Waals surface area contributed by atoms with Gasteiger partial charge in [-0.15, -0.1) is 0 Å². The Morgan fingerprint density at radius 3 is 2.77 bits per heavy atom. The summed E-state index contributed by atoms with van der Waals surface area (Å²) in [7, 11) is 1.39. The Kier molecular flexibility index (Phi) is 3.11. The minimum absolute atomic E-state index is 0.0474. The van der Waals surface area contributed by atoms with Gasteiger partial charge < -0.3 is 15.6 Å². The van der Waals surface area contributed by atoms with Crippen LogP contribution >= 0.6 is 15.9 Å². The molecule has 0 saturated carbocycles. The molecule has 0 amide bonds. The highest BCUT2D eigenvalue weighted by molar-refractivity contribution is 9.10. The Morgan fingerprint density at radius 1 is 1.69 bits per heavy atom. The Morgan fingerprint density at radius 2 is 2.31 bits per heavy atom. The molecule has 0 fully saturated rings. The van der Waals surface area contributed by atoms with E-state index in [1.165, 1.54) is 13.2 Å². The van der Waals surface area contributed by atoms with Gasteiger partial charge in [-0.05, 0) is 15.9 Å². The molecule has 72 valence electrons. The lowest BCUT2D eigenvalue weighted by atomic mass is 10.2. The molecule has 1 rings (SSSR count). The number of rotatable bonds is 2. The highest BCUT2D eigenvalue weighted by Gasteiger charge is 2.15. The van der Waals surface area contributed by atoms with Gasteiger partial charge in [-0.25, -0.2) is 4.39 Å². The number of halogens is 2. The number of hydrogen-bond acceptors (Lipinski definition) is 3. The highest BCUT2D eigenvalue weighted by atomic mass is 79.9. The Hall–Kier alpha value is -0.810. The van der Waals surface area contributed by atoms with Crippen molar-refractivity contribution in [3.8, 4) is 11.5 Å². The van der Waals surface area contributed by atoms with Crippen LogP contribution < -0.4 is 10.5 Å². The molecule has 0 atom stereocenters. The molecule has 1 aromatic rings. The fraction of sp³-hybridized carbons (Fsp3) is 0.250. The minimum atomic E-state index is -0.555. The van der Waals surface area contributed by atoms with Gasteiger partial charge in [0, 0.05) is 18.2 Å². The summed E-state index contributed by atoms with van der Waals surface area (Å²) in [6, 6.07) is 1.35. The molecule has 0 unspecified atom stereocenters. The molecule has 0 spiro atoms. The van der Waals surface area contributed by atoms with Crippen molar-refractivity contribution in [3.05, 3.63) is 21.9 Å². The van der Waals surface area contributed by atoms with Crippen LogP contribution in [0.3, 0.4) is 0 Å². The van der Waals surface area contributed by atoms with Crippen molar-refractivity contribution < 1.29 is 14.2 Å². The molecule has 0 radical (unpaired) electrons. The molecule has 0 heterocycles. The number of ether oxygens (including phenoxy) is 1. The van der Waals surface area contributed by atoms with E-state index in [0.717, 1.165) is 0 Å². The van der Waals surface area contributed by atoms with E-state index in [-0.39, 0.29) is 28.1 Å². The van der Waals surface area contributed by atoms with Crippen molar-refractivity contribution in [3.63, 3.8) is 0 Å². The van der Waals surface area contributed by atoms with Gasteiger partial charge in [-0.1, -0.05) is 0 Å². The van der Waals surface area contributed by atoms with E-state index in [4.69, 9.17) is 10.5 Å². The van der Waals surface area contributed by atoms with E-state index >= 15 is 0 Å². The highest BCUT2D eigenvalue weighted by Crippen LogP contribution is 2.35. The van der Waals surface area contributed by atoms with Gasteiger partial charge >= 0.3 is 0 Å². The minimum Gasteiger partial charge on any atom is -0.504 e. The maximum atomic E-state index is 13.2. The molecule has 3 nitrogen and oxygen atoms in total. The summed E-state index contributed by atoms with van der Waals surface area (Å²) < 4.78 is 18.3. The van der Waals surface area contributed by atoms with Gasteiger partial charge in [0.1, 0.15) is 5.82 Å². The zero-order valence-corrected chi connectivity index (χ0v) is 8.56. The van der Waals surface area contributed by atoms with E-state index < -0.39 is 5.82 Å². The first-order valence-corrected chi connectivity index (χ1v) is 4.35. The third-order valence-electron chi connectivity index (χ3n) is 1.68. The number of nitrogens with two attached hydrogens (primary N) is 1. The summed E-state index contributed by atoms with van der Waals surface area (Å²) in [5.41, 5.74) is 5.32. The SMILES string of the molecule is COc1cc(Br)c(F)c(CN)c1O. The van der Waals surface area contributed by atoms with Crippen molar-refractivity contribution in [2.75, 3.05) is 7.11 Å². The molecular formula is C8H9BrFNO2. The van der Waals surface area contributed by atoms with Gasteiger partial charge in [0.05, 0.1) is 11.6 Å². The maximum Gasteiger partial charge on any atom is 0.165 e. The van der Waals surface area contributed by atoms with Gasteiger partial charge in [-0.3, -0.25) is 0 Å². The molecule has 0 aliphatic rings. The second-order valence-corrected chi connectivity index (χ2v) is 3.26. The summed E-state index contributed by atoms with van der Waals surface area (Å²) in [6.07, 6.45) is 0. The van der Waals surface area contributed by atoms with Crippen LogP contribution in [0.1, 0.15) is 5.56 Å². The Balaban J connectivity index is 3.39. The zero-order valence-electron chi connectivity index (χ0n) is 6.97. The van der Waals surface area contributed by atoms with Crippen molar-refractivity contribution in [2.45, 2.75) is 6.54 Å². The van der Waals surface area contributed by atoms with E-state index in [1.54, 1.807) is 0 Å². The molecular weight excluding hydrogens is 241 g/mol. The first-order valence-electron chi connectivity index (χ1n) is 3.55. The number of aromatic hydroxyl groups is 1. The molecule has 0 aliphatic carbocycles. The van der Waals surface area contributed by atoms with Crippen LogP contribution in [0.5, 0.6) is 11.5 Å². The number of hydrogen-bond donors (Lipinski definition) is 2. The lowest BCUT2D eigenvalue weighted by Gasteiger charge is -2.09.